The Kier molecular flexibility index (Phi) is 4.85. The second-order valence-corrected chi connectivity index (χ2v) is 3.30. The maximum atomic E-state index is 11.8. The van der Waals surface area contributed by atoms with E-state index in [9.17, 15) is 13.6 Å². The molecule has 0 aliphatic heterocycles. The van der Waals surface area contributed by atoms with Gasteiger partial charge >= 0.3 is 0 Å². The van der Waals surface area contributed by atoms with Crippen LogP contribution in [0.5, 0.6) is 0 Å². The van der Waals surface area contributed by atoms with Gasteiger partial charge in [0.2, 0.25) is 0 Å². The van der Waals surface area contributed by atoms with E-state index in [0.717, 1.165) is 5.56 Å². The van der Waals surface area contributed by atoms with Crippen molar-refractivity contribution in [3.05, 3.63) is 35.4 Å². The Morgan fingerprint density at radius 3 is 2.44 bits per heavy atom. The number of halogens is 2. The lowest BCUT2D eigenvalue weighted by Gasteiger charge is -2.05. The molecular formula is C11H14F2N2O. The zero-order valence-electron chi connectivity index (χ0n) is 8.97. The first-order valence-corrected chi connectivity index (χ1v) is 4.93. The minimum absolute atomic E-state index is 0.160. The van der Waals surface area contributed by atoms with Gasteiger partial charge in [-0.1, -0.05) is 12.1 Å². The van der Waals surface area contributed by atoms with Crippen LogP contribution in [-0.2, 0) is 6.54 Å². The number of carbonyl (C=O) groups excluding carboxylic acids is 1. The summed E-state index contributed by atoms with van der Waals surface area (Å²) in [4.78, 5) is 11.2. The highest BCUT2D eigenvalue weighted by atomic mass is 19.3. The van der Waals surface area contributed by atoms with Crippen LogP contribution in [-0.4, -0.2) is 25.9 Å². The monoisotopic (exact) mass is 228 g/mol. The van der Waals surface area contributed by atoms with Crippen molar-refractivity contribution in [1.82, 2.24) is 10.6 Å². The van der Waals surface area contributed by atoms with E-state index in [0.29, 0.717) is 12.1 Å². The summed E-state index contributed by atoms with van der Waals surface area (Å²) in [7, 11) is 1.56. The molecule has 0 fully saturated rings. The summed E-state index contributed by atoms with van der Waals surface area (Å²) in [6.07, 6.45) is -2.34. The first-order valence-electron chi connectivity index (χ1n) is 4.93. The number of hydrogen-bond donors (Lipinski definition) is 2. The molecule has 2 N–H and O–H groups in total. The van der Waals surface area contributed by atoms with Crippen LogP contribution in [0.15, 0.2) is 24.3 Å². The fraction of sp³-hybridized carbons (Fsp3) is 0.364. The van der Waals surface area contributed by atoms with Crippen LogP contribution in [0.25, 0.3) is 0 Å². The maximum Gasteiger partial charge on any atom is 0.251 e. The summed E-state index contributed by atoms with van der Waals surface area (Å²) >= 11 is 0. The van der Waals surface area contributed by atoms with Gasteiger partial charge < -0.3 is 10.6 Å². The fourth-order valence-corrected chi connectivity index (χ4v) is 1.24. The van der Waals surface area contributed by atoms with E-state index in [1.54, 1.807) is 31.3 Å². The molecule has 5 heteroatoms. The number of nitrogens with one attached hydrogen (secondary N) is 2. The van der Waals surface area contributed by atoms with E-state index < -0.39 is 6.43 Å². The Morgan fingerprint density at radius 2 is 1.94 bits per heavy atom. The molecule has 0 radical (unpaired) electrons. The Morgan fingerprint density at radius 1 is 1.31 bits per heavy atom. The van der Waals surface area contributed by atoms with Gasteiger partial charge in [0.25, 0.3) is 12.3 Å². The molecule has 1 amide bonds. The number of hydrogen-bond acceptors (Lipinski definition) is 2. The van der Waals surface area contributed by atoms with Crippen molar-refractivity contribution in [2.75, 3.05) is 13.6 Å². The van der Waals surface area contributed by atoms with E-state index in [-0.39, 0.29) is 12.5 Å². The van der Waals surface area contributed by atoms with E-state index in [2.05, 4.69) is 10.6 Å². The smallest absolute Gasteiger partial charge is 0.251 e. The summed E-state index contributed by atoms with van der Waals surface area (Å²) in [5, 5.41) is 5.12. The molecule has 3 nitrogen and oxygen atoms in total. The highest BCUT2D eigenvalue weighted by Crippen LogP contribution is 2.04. The van der Waals surface area contributed by atoms with Gasteiger partial charge in [0.1, 0.15) is 0 Å². The van der Waals surface area contributed by atoms with Crippen LogP contribution in [0.2, 0.25) is 0 Å². The molecule has 16 heavy (non-hydrogen) atoms. The van der Waals surface area contributed by atoms with Crippen molar-refractivity contribution in [2.45, 2.75) is 13.0 Å². The van der Waals surface area contributed by atoms with Crippen molar-refractivity contribution in [3.8, 4) is 0 Å². The zero-order chi connectivity index (χ0) is 12.0. The lowest BCUT2D eigenvalue weighted by atomic mass is 10.1. The molecule has 0 aromatic heterocycles. The summed E-state index contributed by atoms with van der Waals surface area (Å²) in [6, 6.07) is 6.81. The van der Waals surface area contributed by atoms with Crippen LogP contribution in [0.4, 0.5) is 8.78 Å². The third-order valence-electron chi connectivity index (χ3n) is 2.07. The summed E-state index contributed by atoms with van der Waals surface area (Å²) in [5.41, 5.74) is 1.42. The minimum Gasteiger partial charge on any atom is -0.355 e. The molecule has 88 valence electrons. The minimum atomic E-state index is -2.34. The van der Waals surface area contributed by atoms with Gasteiger partial charge in [-0.2, -0.15) is 0 Å². The second kappa shape index (κ2) is 6.17. The topological polar surface area (TPSA) is 41.1 Å². The van der Waals surface area contributed by atoms with Gasteiger partial charge in [-0.15, -0.1) is 0 Å². The first kappa shape index (κ1) is 12.6. The highest BCUT2D eigenvalue weighted by Gasteiger charge is 2.03. The van der Waals surface area contributed by atoms with Crippen LogP contribution in [0, 0.1) is 0 Å². The summed E-state index contributed by atoms with van der Waals surface area (Å²) in [5.74, 6) is -0.160. The molecule has 1 rings (SSSR count). The quantitative estimate of drug-likeness (QED) is 0.799. The van der Waals surface area contributed by atoms with Crippen molar-refractivity contribution in [2.24, 2.45) is 0 Å². The number of alkyl halides is 2. The predicted molar refractivity (Wildman–Crippen MR) is 57.5 cm³/mol. The average molecular weight is 228 g/mol. The molecule has 0 unspecified atom stereocenters. The molecule has 0 aliphatic carbocycles. The van der Waals surface area contributed by atoms with E-state index in [1.807, 2.05) is 0 Å². The molecule has 0 saturated heterocycles. The number of rotatable bonds is 5. The Hall–Kier alpha value is -1.49. The number of carbonyl (C=O) groups is 1. The Labute approximate surface area is 92.8 Å². The fourth-order valence-electron chi connectivity index (χ4n) is 1.24. The van der Waals surface area contributed by atoms with Gasteiger partial charge in [0.05, 0.1) is 6.54 Å². The molecule has 0 heterocycles. The molecule has 0 saturated carbocycles. The van der Waals surface area contributed by atoms with E-state index in [1.165, 1.54) is 0 Å². The molecular weight excluding hydrogens is 214 g/mol. The van der Waals surface area contributed by atoms with Crippen molar-refractivity contribution in [1.29, 1.82) is 0 Å². The summed E-state index contributed by atoms with van der Waals surface area (Å²) < 4.78 is 23.7. The van der Waals surface area contributed by atoms with Gasteiger partial charge in [-0.3, -0.25) is 4.79 Å². The predicted octanol–water partition coefficient (Wildman–Crippen LogP) is 1.40. The molecule has 0 bridgehead atoms. The van der Waals surface area contributed by atoms with Gasteiger partial charge in [-0.05, 0) is 17.7 Å². The maximum absolute atomic E-state index is 11.8. The van der Waals surface area contributed by atoms with Gasteiger partial charge in [0, 0.05) is 19.2 Å². The molecule has 0 spiro atoms. The molecule has 0 aliphatic rings. The van der Waals surface area contributed by atoms with Gasteiger partial charge in [-0.25, -0.2) is 8.78 Å². The SMILES string of the molecule is CNC(=O)c1ccc(CNCC(F)F)cc1. The average Bonchev–Trinajstić information content (AvgIpc) is 2.28. The van der Waals surface area contributed by atoms with Crippen LogP contribution in [0.1, 0.15) is 15.9 Å². The number of amides is 1. The third kappa shape index (κ3) is 3.94. The lowest BCUT2D eigenvalue weighted by Crippen LogP contribution is -2.21. The van der Waals surface area contributed by atoms with E-state index in [4.69, 9.17) is 0 Å². The third-order valence-corrected chi connectivity index (χ3v) is 2.07. The van der Waals surface area contributed by atoms with Crippen LogP contribution < -0.4 is 10.6 Å². The van der Waals surface area contributed by atoms with Crippen LogP contribution >= 0.6 is 0 Å². The van der Waals surface area contributed by atoms with Crippen molar-refractivity contribution >= 4 is 5.91 Å². The Bertz CT molecular complexity index is 338. The standard InChI is InChI=1S/C11H14F2N2O/c1-14-11(16)9-4-2-8(3-5-9)6-15-7-10(12)13/h2-5,10,15H,6-7H2,1H3,(H,14,16). The van der Waals surface area contributed by atoms with E-state index >= 15 is 0 Å². The van der Waals surface area contributed by atoms with Crippen molar-refractivity contribution in [3.63, 3.8) is 0 Å². The summed E-state index contributed by atoms with van der Waals surface area (Å²) in [6.45, 7) is 0.0512. The largest absolute Gasteiger partial charge is 0.355 e. The lowest BCUT2D eigenvalue weighted by molar-refractivity contribution is 0.0963. The van der Waals surface area contributed by atoms with Gasteiger partial charge in [0.15, 0.2) is 0 Å². The van der Waals surface area contributed by atoms with Crippen LogP contribution in [0.3, 0.4) is 0 Å². The van der Waals surface area contributed by atoms with Crippen molar-refractivity contribution < 1.29 is 13.6 Å². The highest BCUT2D eigenvalue weighted by molar-refractivity contribution is 5.93. The number of benzene rings is 1. The molecule has 1 aromatic carbocycles. The zero-order valence-corrected chi connectivity index (χ0v) is 8.97. The first-order chi connectivity index (χ1) is 7.63. The normalized spacial score (nSPS) is 10.5. The molecule has 0 atom stereocenters. The Balaban J connectivity index is 2.48. The molecule has 1 aromatic rings. The second-order valence-electron chi connectivity index (χ2n) is 3.30.